The molecule has 0 aliphatic carbocycles. The molecule has 0 bridgehead atoms. The fourth-order valence-electron chi connectivity index (χ4n) is 3.65. The van der Waals surface area contributed by atoms with Crippen molar-refractivity contribution in [3.05, 3.63) is 48.6 Å². The lowest BCUT2D eigenvalue weighted by Gasteiger charge is -2.24. The van der Waals surface area contributed by atoms with Crippen molar-refractivity contribution in [3.8, 4) is 0 Å². The van der Waals surface area contributed by atoms with Crippen LogP contribution in [0.5, 0.6) is 0 Å². The van der Waals surface area contributed by atoms with Crippen LogP contribution < -0.4 is 0 Å². The van der Waals surface area contributed by atoms with Gasteiger partial charge in [0.1, 0.15) is 6.10 Å². The molecular formula is C30H52O2. The van der Waals surface area contributed by atoms with Crippen molar-refractivity contribution in [2.24, 2.45) is 11.8 Å². The molecule has 2 nitrogen and oxygen atoms in total. The largest absolute Gasteiger partial charge is 0.462 e. The van der Waals surface area contributed by atoms with E-state index >= 15 is 0 Å². The van der Waals surface area contributed by atoms with Crippen molar-refractivity contribution < 1.29 is 9.53 Å². The average molecular weight is 445 g/mol. The summed E-state index contributed by atoms with van der Waals surface area (Å²) in [4.78, 5) is 12.0. The van der Waals surface area contributed by atoms with E-state index in [1.807, 2.05) is 0 Å². The normalized spacial score (nSPS) is 12.8. The molecule has 0 atom stereocenters. The van der Waals surface area contributed by atoms with Crippen molar-refractivity contribution in [1.82, 2.24) is 0 Å². The van der Waals surface area contributed by atoms with Crippen LogP contribution in [0, 0.1) is 11.8 Å². The Morgan fingerprint density at radius 1 is 0.594 bits per heavy atom. The van der Waals surface area contributed by atoms with E-state index in [1.165, 1.54) is 32.1 Å². The van der Waals surface area contributed by atoms with E-state index in [0.717, 1.165) is 44.9 Å². The van der Waals surface area contributed by atoms with Gasteiger partial charge >= 0.3 is 5.97 Å². The van der Waals surface area contributed by atoms with Gasteiger partial charge in [0.2, 0.25) is 0 Å². The van der Waals surface area contributed by atoms with E-state index in [-0.39, 0.29) is 12.1 Å². The molecule has 32 heavy (non-hydrogen) atoms. The SMILES string of the molecule is CCCCC/C=C\CC/C=C\CC/C=C\CC/C=C\CCCC(=O)OC(C(C)C)C(C)C. The summed E-state index contributed by atoms with van der Waals surface area (Å²) in [7, 11) is 0. The molecule has 0 heterocycles. The molecule has 0 N–H and O–H groups in total. The quantitative estimate of drug-likeness (QED) is 0.106. The Balaban J connectivity index is 3.58. The number of hydrogen-bond acceptors (Lipinski definition) is 2. The molecule has 0 fully saturated rings. The Kier molecular flexibility index (Phi) is 21.5. The number of hydrogen-bond donors (Lipinski definition) is 0. The fraction of sp³-hybridized carbons (Fsp3) is 0.700. The summed E-state index contributed by atoms with van der Waals surface area (Å²) in [5, 5.41) is 0. The summed E-state index contributed by atoms with van der Waals surface area (Å²) >= 11 is 0. The van der Waals surface area contributed by atoms with Crippen LogP contribution in [0.4, 0.5) is 0 Å². The van der Waals surface area contributed by atoms with Crippen LogP contribution >= 0.6 is 0 Å². The third-order valence-electron chi connectivity index (χ3n) is 5.47. The van der Waals surface area contributed by atoms with Crippen LogP contribution in [0.1, 0.15) is 118 Å². The van der Waals surface area contributed by atoms with Gasteiger partial charge < -0.3 is 4.74 Å². The number of rotatable bonds is 20. The highest BCUT2D eigenvalue weighted by molar-refractivity contribution is 5.69. The minimum absolute atomic E-state index is 0.0302. The third-order valence-corrected chi connectivity index (χ3v) is 5.47. The molecule has 0 saturated carbocycles. The Bertz CT molecular complexity index is 529. The highest BCUT2D eigenvalue weighted by Gasteiger charge is 2.21. The van der Waals surface area contributed by atoms with Gasteiger partial charge in [-0.15, -0.1) is 0 Å². The van der Waals surface area contributed by atoms with E-state index in [1.54, 1.807) is 0 Å². The minimum Gasteiger partial charge on any atom is -0.462 e. The van der Waals surface area contributed by atoms with Crippen LogP contribution in [0.3, 0.4) is 0 Å². The molecule has 0 aromatic rings. The predicted octanol–water partition coefficient (Wildman–Crippen LogP) is 9.53. The number of carbonyl (C=O) groups excluding carboxylic acids is 1. The molecule has 0 unspecified atom stereocenters. The molecule has 0 aliphatic heterocycles. The summed E-state index contributed by atoms with van der Waals surface area (Å²) in [6.45, 7) is 10.7. The van der Waals surface area contributed by atoms with Crippen LogP contribution in [0.2, 0.25) is 0 Å². The number of allylic oxidation sites excluding steroid dienone is 8. The summed E-state index contributed by atoms with van der Waals surface area (Å²) in [6, 6.07) is 0. The van der Waals surface area contributed by atoms with Crippen molar-refractivity contribution in [1.29, 1.82) is 0 Å². The molecule has 0 aromatic carbocycles. The summed E-state index contributed by atoms with van der Waals surface area (Å²) < 4.78 is 5.63. The summed E-state index contributed by atoms with van der Waals surface area (Å²) in [6.07, 6.45) is 32.7. The molecule has 0 aromatic heterocycles. The van der Waals surface area contributed by atoms with Gasteiger partial charge in [-0.1, -0.05) is 96.1 Å². The van der Waals surface area contributed by atoms with Crippen LogP contribution in [-0.2, 0) is 9.53 Å². The Morgan fingerprint density at radius 3 is 1.34 bits per heavy atom. The number of carbonyl (C=O) groups is 1. The molecule has 0 spiro atoms. The predicted molar refractivity (Wildman–Crippen MR) is 142 cm³/mol. The Morgan fingerprint density at radius 2 is 0.969 bits per heavy atom. The Labute approximate surface area is 200 Å². The second-order valence-corrected chi connectivity index (χ2v) is 9.45. The van der Waals surface area contributed by atoms with Crippen molar-refractivity contribution in [3.63, 3.8) is 0 Å². The first-order valence-corrected chi connectivity index (χ1v) is 13.3. The number of ether oxygens (including phenoxy) is 1. The monoisotopic (exact) mass is 444 g/mol. The highest BCUT2D eigenvalue weighted by atomic mass is 16.5. The van der Waals surface area contributed by atoms with Crippen molar-refractivity contribution >= 4 is 5.97 Å². The molecule has 0 amide bonds. The highest BCUT2D eigenvalue weighted by Crippen LogP contribution is 2.17. The summed E-state index contributed by atoms with van der Waals surface area (Å²) in [5.41, 5.74) is 0. The minimum atomic E-state index is -0.0540. The van der Waals surface area contributed by atoms with E-state index in [2.05, 4.69) is 83.2 Å². The topological polar surface area (TPSA) is 26.3 Å². The van der Waals surface area contributed by atoms with Gasteiger partial charge in [-0.3, -0.25) is 4.79 Å². The van der Waals surface area contributed by atoms with E-state index < -0.39 is 0 Å². The van der Waals surface area contributed by atoms with Gasteiger partial charge in [-0.25, -0.2) is 0 Å². The second-order valence-electron chi connectivity index (χ2n) is 9.45. The zero-order valence-corrected chi connectivity index (χ0v) is 21.9. The first-order valence-electron chi connectivity index (χ1n) is 13.3. The lowest BCUT2D eigenvalue weighted by Crippen LogP contribution is -2.28. The lowest BCUT2D eigenvalue weighted by molar-refractivity contribution is -0.154. The van der Waals surface area contributed by atoms with Crippen LogP contribution in [0.15, 0.2) is 48.6 Å². The maximum Gasteiger partial charge on any atom is 0.306 e. The van der Waals surface area contributed by atoms with Crippen LogP contribution in [-0.4, -0.2) is 12.1 Å². The number of esters is 1. The second kappa shape index (κ2) is 22.6. The van der Waals surface area contributed by atoms with Crippen molar-refractivity contribution in [2.45, 2.75) is 124 Å². The first-order chi connectivity index (χ1) is 15.5. The van der Waals surface area contributed by atoms with E-state index in [9.17, 15) is 4.79 Å². The van der Waals surface area contributed by atoms with Crippen molar-refractivity contribution in [2.75, 3.05) is 0 Å². The molecule has 0 saturated heterocycles. The van der Waals surface area contributed by atoms with Gasteiger partial charge in [0.05, 0.1) is 0 Å². The van der Waals surface area contributed by atoms with Gasteiger partial charge in [0.25, 0.3) is 0 Å². The van der Waals surface area contributed by atoms with E-state index in [4.69, 9.17) is 4.74 Å². The van der Waals surface area contributed by atoms with Gasteiger partial charge in [-0.05, 0) is 76.0 Å². The Hall–Kier alpha value is -1.57. The van der Waals surface area contributed by atoms with Gasteiger partial charge in [0, 0.05) is 6.42 Å². The first kappa shape index (κ1) is 30.4. The molecule has 2 heteroatoms. The lowest BCUT2D eigenvalue weighted by atomic mass is 9.96. The zero-order valence-electron chi connectivity index (χ0n) is 21.9. The molecular weight excluding hydrogens is 392 g/mol. The third kappa shape index (κ3) is 20.3. The van der Waals surface area contributed by atoms with Gasteiger partial charge in [0.15, 0.2) is 0 Å². The molecule has 0 radical (unpaired) electrons. The smallest absolute Gasteiger partial charge is 0.306 e. The van der Waals surface area contributed by atoms with Crippen LogP contribution in [0.25, 0.3) is 0 Å². The summed E-state index contributed by atoms with van der Waals surface area (Å²) in [5.74, 6) is 0.687. The fourth-order valence-corrected chi connectivity index (χ4v) is 3.65. The molecule has 184 valence electrons. The molecule has 0 rings (SSSR count). The maximum absolute atomic E-state index is 12.0. The zero-order chi connectivity index (χ0) is 23.9. The maximum atomic E-state index is 12.0. The average Bonchev–Trinajstić information content (AvgIpc) is 2.75. The molecule has 0 aliphatic rings. The standard InChI is InChI=1S/C30H52O2/c1-6-7-8-9-10-11-12-13-14-15-16-17-18-19-20-21-22-23-24-25-26-29(31)32-30(27(2)3)28(4)5/h10-11,14-15,18-19,22-23,27-28,30H,6-9,12-13,16-17,20-21,24-26H2,1-5H3/b11-10-,15-14-,19-18-,23-22-. The van der Waals surface area contributed by atoms with Gasteiger partial charge in [-0.2, -0.15) is 0 Å². The number of unbranched alkanes of at least 4 members (excludes halogenated alkanes) is 7. The van der Waals surface area contributed by atoms with E-state index in [0.29, 0.717) is 18.3 Å².